The number of hydrogen-bond donors (Lipinski definition) is 2. The molecule has 9 heteroatoms. The lowest BCUT2D eigenvalue weighted by molar-refractivity contribution is -0.123. The Labute approximate surface area is 202 Å². The third kappa shape index (κ3) is 5.95. The predicted octanol–water partition coefficient (Wildman–Crippen LogP) is 4.16. The van der Waals surface area contributed by atoms with Gasteiger partial charge < -0.3 is 15.5 Å². The van der Waals surface area contributed by atoms with Crippen molar-refractivity contribution in [1.29, 1.82) is 0 Å². The SMILES string of the molecule is CN(C)S(=O)(=O)c1ccc(N2CCCCC2)c(C(=O)Nc2cccc(NC(=O)C(C)(C)C)c2)c1. The van der Waals surface area contributed by atoms with E-state index in [2.05, 4.69) is 15.5 Å². The summed E-state index contributed by atoms with van der Waals surface area (Å²) in [6.45, 7) is 7.10. The van der Waals surface area contributed by atoms with Gasteiger partial charge in [0.1, 0.15) is 0 Å². The normalized spacial score (nSPS) is 14.7. The fourth-order valence-corrected chi connectivity index (χ4v) is 4.60. The molecule has 34 heavy (non-hydrogen) atoms. The molecule has 0 unspecified atom stereocenters. The van der Waals surface area contributed by atoms with Crippen molar-refractivity contribution in [2.45, 2.75) is 44.9 Å². The highest BCUT2D eigenvalue weighted by Gasteiger charge is 2.25. The van der Waals surface area contributed by atoms with Crippen molar-refractivity contribution >= 4 is 38.9 Å². The molecule has 8 nitrogen and oxygen atoms in total. The maximum Gasteiger partial charge on any atom is 0.257 e. The van der Waals surface area contributed by atoms with Crippen molar-refractivity contribution < 1.29 is 18.0 Å². The van der Waals surface area contributed by atoms with Crippen LogP contribution in [0.5, 0.6) is 0 Å². The minimum atomic E-state index is -3.70. The van der Waals surface area contributed by atoms with Crippen LogP contribution in [0.1, 0.15) is 50.4 Å². The lowest BCUT2D eigenvalue weighted by Gasteiger charge is -2.30. The Balaban J connectivity index is 1.93. The highest BCUT2D eigenvalue weighted by atomic mass is 32.2. The molecule has 1 saturated heterocycles. The molecule has 184 valence electrons. The minimum Gasteiger partial charge on any atom is -0.371 e. The lowest BCUT2D eigenvalue weighted by atomic mass is 9.95. The van der Waals surface area contributed by atoms with Crippen LogP contribution >= 0.6 is 0 Å². The molecule has 1 heterocycles. The van der Waals surface area contributed by atoms with Crippen LogP contribution in [-0.4, -0.2) is 51.7 Å². The first kappa shape index (κ1) is 25.7. The predicted molar refractivity (Wildman–Crippen MR) is 136 cm³/mol. The van der Waals surface area contributed by atoms with Gasteiger partial charge in [-0.15, -0.1) is 0 Å². The van der Waals surface area contributed by atoms with Gasteiger partial charge in [-0.25, -0.2) is 12.7 Å². The maximum atomic E-state index is 13.4. The first-order valence-electron chi connectivity index (χ1n) is 11.4. The highest BCUT2D eigenvalue weighted by Crippen LogP contribution is 2.29. The number of nitrogens with one attached hydrogen (secondary N) is 2. The molecule has 0 aromatic heterocycles. The summed E-state index contributed by atoms with van der Waals surface area (Å²) in [4.78, 5) is 27.9. The van der Waals surface area contributed by atoms with Gasteiger partial charge >= 0.3 is 0 Å². The number of hydrogen-bond acceptors (Lipinski definition) is 5. The Morgan fingerprint density at radius 1 is 0.912 bits per heavy atom. The summed E-state index contributed by atoms with van der Waals surface area (Å²) < 4.78 is 26.6. The zero-order chi connectivity index (χ0) is 25.1. The van der Waals surface area contributed by atoms with Gasteiger partial charge in [-0.05, 0) is 55.7 Å². The fraction of sp³-hybridized carbons (Fsp3) is 0.440. The molecule has 1 aliphatic rings. The molecule has 2 aromatic carbocycles. The second-order valence-corrected chi connectivity index (χ2v) is 11.9. The van der Waals surface area contributed by atoms with Gasteiger partial charge in [0, 0.05) is 49.7 Å². The van der Waals surface area contributed by atoms with E-state index < -0.39 is 21.3 Å². The molecule has 0 bridgehead atoms. The van der Waals surface area contributed by atoms with Crippen molar-refractivity contribution in [3.8, 4) is 0 Å². The number of rotatable bonds is 6. The molecule has 1 fully saturated rings. The monoisotopic (exact) mass is 486 g/mol. The number of sulfonamides is 1. The number of amides is 2. The Morgan fingerprint density at radius 2 is 1.53 bits per heavy atom. The molecule has 0 spiro atoms. The van der Waals surface area contributed by atoms with Crippen LogP contribution in [0, 0.1) is 5.41 Å². The number of benzene rings is 2. The summed E-state index contributed by atoms with van der Waals surface area (Å²) in [5.41, 5.74) is 1.53. The Bertz CT molecular complexity index is 1160. The van der Waals surface area contributed by atoms with E-state index in [0.717, 1.165) is 36.7 Å². The molecule has 1 aliphatic heterocycles. The molecular formula is C25H34N4O4S. The van der Waals surface area contributed by atoms with Crippen LogP contribution in [0.2, 0.25) is 0 Å². The third-order valence-electron chi connectivity index (χ3n) is 5.75. The molecule has 2 aromatic rings. The molecular weight excluding hydrogens is 452 g/mol. The molecule has 0 saturated carbocycles. The van der Waals surface area contributed by atoms with E-state index in [1.165, 1.54) is 20.2 Å². The molecule has 3 rings (SSSR count). The van der Waals surface area contributed by atoms with E-state index in [1.807, 2.05) is 20.8 Å². The zero-order valence-electron chi connectivity index (χ0n) is 20.5. The fourth-order valence-electron chi connectivity index (χ4n) is 3.67. The van der Waals surface area contributed by atoms with E-state index in [-0.39, 0.29) is 10.8 Å². The highest BCUT2D eigenvalue weighted by molar-refractivity contribution is 7.89. The average Bonchev–Trinajstić information content (AvgIpc) is 2.78. The lowest BCUT2D eigenvalue weighted by Crippen LogP contribution is -2.32. The number of carbonyl (C=O) groups excluding carboxylic acids is 2. The van der Waals surface area contributed by atoms with Crippen molar-refractivity contribution in [1.82, 2.24) is 4.31 Å². The van der Waals surface area contributed by atoms with Crippen molar-refractivity contribution in [3.05, 3.63) is 48.0 Å². The molecule has 2 N–H and O–H groups in total. The maximum absolute atomic E-state index is 13.4. The van der Waals surface area contributed by atoms with Crippen molar-refractivity contribution in [2.24, 2.45) is 5.41 Å². The van der Waals surface area contributed by atoms with Gasteiger partial charge in [-0.1, -0.05) is 26.8 Å². The first-order chi connectivity index (χ1) is 15.9. The van der Waals surface area contributed by atoms with Gasteiger partial charge in [0.2, 0.25) is 15.9 Å². The van der Waals surface area contributed by atoms with Crippen LogP contribution in [0.4, 0.5) is 17.1 Å². The van der Waals surface area contributed by atoms with Crippen LogP contribution in [0.3, 0.4) is 0 Å². The van der Waals surface area contributed by atoms with E-state index in [0.29, 0.717) is 22.6 Å². The number of anilines is 3. The van der Waals surface area contributed by atoms with Crippen LogP contribution in [-0.2, 0) is 14.8 Å². The third-order valence-corrected chi connectivity index (χ3v) is 7.56. The standard InChI is InChI=1S/C25H34N4O4S/c1-25(2,3)24(31)27-19-11-9-10-18(16-19)26-23(30)21-17-20(34(32,33)28(4)5)12-13-22(21)29-14-7-6-8-15-29/h9-13,16-17H,6-8,14-15H2,1-5H3,(H,26,30)(H,27,31). The number of carbonyl (C=O) groups is 2. The quantitative estimate of drug-likeness (QED) is 0.639. The summed E-state index contributed by atoms with van der Waals surface area (Å²) in [7, 11) is -0.774. The molecule has 2 amide bonds. The van der Waals surface area contributed by atoms with Crippen LogP contribution in [0.25, 0.3) is 0 Å². The van der Waals surface area contributed by atoms with Crippen LogP contribution < -0.4 is 15.5 Å². The molecule has 0 radical (unpaired) electrons. The van der Waals surface area contributed by atoms with Gasteiger partial charge in [0.15, 0.2) is 0 Å². The summed E-state index contributed by atoms with van der Waals surface area (Å²) in [5, 5.41) is 5.73. The summed E-state index contributed by atoms with van der Waals surface area (Å²) in [6, 6.07) is 11.6. The smallest absolute Gasteiger partial charge is 0.257 e. The Morgan fingerprint density at radius 3 is 2.12 bits per heavy atom. The first-order valence-corrected chi connectivity index (χ1v) is 12.9. The summed E-state index contributed by atoms with van der Waals surface area (Å²) in [6.07, 6.45) is 3.18. The van der Waals surface area contributed by atoms with Gasteiger partial charge in [-0.3, -0.25) is 9.59 Å². The Kier molecular flexibility index (Phi) is 7.67. The zero-order valence-corrected chi connectivity index (χ0v) is 21.3. The van der Waals surface area contributed by atoms with Crippen LogP contribution in [0.15, 0.2) is 47.4 Å². The minimum absolute atomic E-state index is 0.0644. The van der Waals surface area contributed by atoms with Gasteiger partial charge in [0.25, 0.3) is 5.91 Å². The largest absolute Gasteiger partial charge is 0.371 e. The van der Waals surface area contributed by atoms with E-state index in [9.17, 15) is 18.0 Å². The van der Waals surface area contributed by atoms with Gasteiger partial charge in [0.05, 0.1) is 10.5 Å². The Hall–Kier alpha value is -2.91. The second-order valence-electron chi connectivity index (χ2n) is 9.75. The second kappa shape index (κ2) is 10.1. The topological polar surface area (TPSA) is 98.8 Å². The van der Waals surface area contributed by atoms with E-state index in [1.54, 1.807) is 36.4 Å². The number of piperidine rings is 1. The van der Waals surface area contributed by atoms with E-state index >= 15 is 0 Å². The summed E-state index contributed by atoms with van der Waals surface area (Å²) >= 11 is 0. The van der Waals surface area contributed by atoms with Crippen molar-refractivity contribution in [3.63, 3.8) is 0 Å². The summed E-state index contributed by atoms with van der Waals surface area (Å²) in [5.74, 6) is -0.541. The van der Waals surface area contributed by atoms with E-state index in [4.69, 9.17) is 0 Å². The van der Waals surface area contributed by atoms with Gasteiger partial charge in [-0.2, -0.15) is 0 Å². The number of nitrogens with zero attached hydrogens (tertiary/aromatic N) is 2. The molecule has 0 atom stereocenters. The van der Waals surface area contributed by atoms with Crippen molar-refractivity contribution in [2.75, 3.05) is 42.7 Å². The average molecular weight is 487 g/mol. The molecule has 0 aliphatic carbocycles.